The number of esters is 1. The van der Waals surface area contributed by atoms with Crippen molar-refractivity contribution in [2.45, 2.75) is 32.3 Å². The van der Waals surface area contributed by atoms with E-state index in [0.717, 1.165) is 30.1 Å². The molecule has 2 aromatic carbocycles. The number of carboxylic acid groups (broad SMARTS) is 1. The van der Waals surface area contributed by atoms with Crippen molar-refractivity contribution in [2.24, 2.45) is 0 Å². The smallest absolute Gasteiger partial charge is 0.407 e. The topological polar surface area (TPSA) is 79.3 Å². The predicted molar refractivity (Wildman–Crippen MR) is 113 cm³/mol. The molecule has 2 heterocycles. The van der Waals surface area contributed by atoms with E-state index in [1.807, 2.05) is 24.3 Å². The number of rotatable bonds is 5. The Morgan fingerprint density at radius 2 is 1.80 bits per heavy atom. The summed E-state index contributed by atoms with van der Waals surface area (Å²) in [7, 11) is 0. The van der Waals surface area contributed by atoms with Crippen LogP contribution in [0, 0.1) is 0 Å². The van der Waals surface area contributed by atoms with Crippen molar-refractivity contribution in [3.05, 3.63) is 53.6 Å². The van der Waals surface area contributed by atoms with Crippen molar-refractivity contribution >= 4 is 23.4 Å². The van der Waals surface area contributed by atoms with Gasteiger partial charge in [-0.15, -0.1) is 0 Å². The van der Waals surface area contributed by atoms with Gasteiger partial charge in [0, 0.05) is 49.4 Å². The summed E-state index contributed by atoms with van der Waals surface area (Å²) in [5, 5.41) is 9.11. The van der Waals surface area contributed by atoms with E-state index >= 15 is 0 Å². The van der Waals surface area contributed by atoms with E-state index < -0.39 is 6.09 Å². The molecule has 158 valence electrons. The van der Waals surface area contributed by atoms with E-state index in [4.69, 9.17) is 14.6 Å². The van der Waals surface area contributed by atoms with Gasteiger partial charge in [0.25, 0.3) is 0 Å². The predicted octanol–water partition coefficient (Wildman–Crippen LogP) is 4.08. The monoisotopic (exact) mass is 410 g/mol. The van der Waals surface area contributed by atoms with Crippen LogP contribution >= 0.6 is 0 Å². The lowest BCUT2D eigenvalue weighted by Gasteiger charge is -2.30. The van der Waals surface area contributed by atoms with Crippen molar-refractivity contribution in [1.82, 2.24) is 4.90 Å². The molecule has 1 saturated heterocycles. The first-order chi connectivity index (χ1) is 14.6. The normalized spacial score (nSPS) is 16.3. The van der Waals surface area contributed by atoms with Crippen LogP contribution in [0.1, 0.15) is 35.7 Å². The average Bonchev–Trinajstić information content (AvgIpc) is 3.20. The number of hydrogen-bond donors (Lipinski definition) is 1. The fourth-order valence-corrected chi connectivity index (χ4v) is 4.12. The molecule has 0 aliphatic carbocycles. The Bertz CT molecular complexity index is 920. The van der Waals surface area contributed by atoms with Crippen molar-refractivity contribution in [3.63, 3.8) is 0 Å². The van der Waals surface area contributed by atoms with Gasteiger partial charge in [0.2, 0.25) is 0 Å². The molecule has 30 heavy (non-hydrogen) atoms. The molecule has 0 radical (unpaired) electrons. The lowest BCUT2D eigenvalue weighted by Crippen LogP contribution is -2.41. The number of amides is 1. The third kappa shape index (κ3) is 4.06. The van der Waals surface area contributed by atoms with Crippen molar-refractivity contribution < 1.29 is 24.2 Å². The van der Waals surface area contributed by atoms with Gasteiger partial charge in [0.1, 0.15) is 11.9 Å². The van der Waals surface area contributed by atoms with Crippen LogP contribution in [0.3, 0.4) is 0 Å². The first-order valence-corrected chi connectivity index (χ1v) is 10.4. The molecule has 1 amide bonds. The van der Waals surface area contributed by atoms with Crippen molar-refractivity contribution in [2.75, 3.05) is 31.1 Å². The van der Waals surface area contributed by atoms with Crippen LogP contribution in [-0.2, 0) is 11.2 Å². The van der Waals surface area contributed by atoms with Crippen LogP contribution in [0.4, 0.5) is 16.2 Å². The van der Waals surface area contributed by atoms with Gasteiger partial charge in [-0.1, -0.05) is 6.07 Å². The minimum Gasteiger partial charge on any atom is -0.490 e. The van der Waals surface area contributed by atoms with Gasteiger partial charge in [0.15, 0.2) is 0 Å². The maximum atomic E-state index is 11.9. The molecule has 7 heteroatoms. The Kier molecular flexibility index (Phi) is 5.79. The largest absolute Gasteiger partial charge is 0.490 e. The number of piperidine rings is 1. The highest BCUT2D eigenvalue weighted by Crippen LogP contribution is 2.40. The molecule has 1 N–H and O–H groups in total. The van der Waals surface area contributed by atoms with E-state index in [1.54, 1.807) is 19.1 Å². The van der Waals surface area contributed by atoms with E-state index in [1.165, 1.54) is 10.5 Å². The molecule has 0 spiro atoms. The molecule has 4 rings (SSSR count). The van der Waals surface area contributed by atoms with Gasteiger partial charge in [-0.3, -0.25) is 0 Å². The standard InChI is InChI=1S/C23H26N2O5/c1-2-29-22(26)16-6-8-17(9-7-16)25-15-12-19-20(25)4-3-5-21(19)30-18-10-13-24(14-11-18)23(27)28/h3-9,18H,2,10-15H2,1H3,(H,27,28). The van der Waals surface area contributed by atoms with E-state index in [2.05, 4.69) is 11.0 Å². The Hall–Kier alpha value is -3.22. The molecular weight excluding hydrogens is 384 g/mol. The van der Waals surface area contributed by atoms with E-state index in [9.17, 15) is 9.59 Å². The number of fused-ring (bicyclic) bond motifs is 1. The molecule has 0 aromatic heterocycles. The summed E-state index contributed by atoms with van der Waals surface area (Å²) in [6, 6.07) is 13.5. The maximum Gasteiger partial charge on any atom is 0.407 e. The van der Waals surface area contributed by atoms with E-state index in [-0.39, 0.29) is 12.1 Å². The average molecular weight is 410 g/mol. The zero-order valence-electron chi connectivity index (χ0n) is 17.0. The minimum atomic E-state index is -0.862. The van der Waals surface area contributed by atoms with Gasteiger partial charge < -0.3 is 24.4 Å². The Balaban J connectivity index is 1.47. The Labute approximate surface area is 175 Å². The van der Waals surface area contributed by atoms with Gasteiger partial charge in [-0.05, 0) is 49.7 Å². The Morgan fingerprint density at radius 3 is 2.47 bits per heavy atom. The third-order valence-electron chi connectivity index (χ3n) is 5.68. The molecule has 0 unspecified atom stereocenters. The SMILES string of the molecule is CCOC(=O)c1ccc(N2CCc3c(OC4CCN(C(=O)O)CC4)cccc32)cc1. The van der Waals surface area contributed by atoms with Gasteiger partial charge >= 0.3 is 12.1 Å². The summed E-state index contributed by atoms with van der Waals surface area (Å²) in [6.07, 6.45) is 1.45. The summed E-state index contributed by atoms with van der Waals surface area (Å²) in [6.45, 7) is 4.01. The second-order valence-corrected chi connectivity index (χ2v) is 7.51. The number of benzene rings is 2. The van der Waals surface area contributed by atoms with Crippen molar-refractivity contribution in [1.29, 1.82) is 0 Å². The molecule has 0 atom stereocenters. The number of carbonyl (C=O) groups is 2. The van der Waals surface area contributed by atoms with E-state index in [0.29, 0.717) is 38.1 Å². The quantitative estimate of drug-likeness (QED) is 0.749. The second-order valence-electron chi connectivity index (χ2n) is 7.51. The van der Waals surface area contributed by atoms with Gasteiger partial charge in [-0.2, -0.15) is 0 Å². The highest BCUT2D eigenvalue weighted by Gasteiger charge is 2.27. The summed E-state index contributed by atoms with van der Waals surface area (Å²) in [5.41, 5.74) is 3.85. The molecule has 1 fully saturated rings. The lowest BCUT2D eigenvalue weighted by molar-refractivity contribution is 0.0526. The van der Waals surface area contributed by atoms with Crippen LogP contribution < -0.4 is 9.64 Å². The molecule has 0 bridgehead atoms. The zero-order valence-corrected chi connectivity index (χ0v) is 17.0. The molecular formula is C23H26N2O5. The number of hydrogen-bond acceptors (Lipinski definition) is 5. The molecule has 2 aliphatic heterocycles. The van der Waals surface area contributed by atoms with Crippen LogP contribution in [0.2, 0.25) is 0 Å². The second kappa shape index (κ2) is 8.65. The van der Waals surface area contributed by atoms with Crippen LogP contribution in [-0.4, -0.2) is 54.4 Å². The number of likely N-dealkylation sites (tertiary alicyclic amines) is 1. The summed E-state index contributed by atoms with van der Waals surface area (Å²) >= 11 is 0. The number of ether oxygens (including phenoxy) is 2. The molecule has 7 nitrogen and oxygen atoms in total. The van der Waals surface area contributed by atoms with Crippen LogP contribution in [0.25, 0.3) is 0 Å². The van der Waals surface area contributed by atoms with Crippen LogP contribution in [0.15, 0.2) is 42.5 Å². The van der Waals surface area contributed by atoms with Crippen LogP contribution in [0.5, 0.6) is 5.75 Å². The fourth-order valence-electron chi connectivity index (χ4n) is 4.12. The van der Waals surface area contributed by atoms with Crippen molar-refractivity contribution in [3.8, 4) is 5.75 Å². The fraction of sp³-hybridized carbons (Fsp3) is 0.391. The summed E-state index contributed by atoms with van der Waals surface area (Å²) in [4.78, 5) is 26.6. The highest BCUT2D eigenvalue weighted by atomic mass is 16.5. The highest BCUT2D eigenvalue weighted by molar-refractivity contribution is 5.90. The molecule has 2 aliphatic rings. The van der Waals surface area contributed by atoms with Gasteiger partial charge in [0.05, 0.1) is 12.2 Å². The molecule has 0 saturated carbocycles. The number of anilines is 2. The zero-order chi connectivity index (χ0) is 21.1. The first kappa shape index (κ1) is 20.1. The number of carbonyl (C=O) groups excluding carboxylic acids is 1. The Morgan fingerprint density at radius 1 is 1.07 bits per heavy atom. The minimum absolute atomic E-state index is 0.0324. The van der Waals surface area contributed by atoms with Gasteiger partial charge in [-0.25, -0.2) is 9.59 Å². The summed E-state index contributed by atoms with van der Waals surface area (Å²) in [5.74, 6) is 0.572. The maximum absolute atomic E-state index is 11.9. The third-order valence-corrected chi connectivity index (χ3v) is 5.68. The number of nitrogens with zero attached hydrogens (tertiary/aromatic N) is 2. The molecule has 2 aromatic rings. The summed E-state index contributed by atoms with van der Waals surface area (Å²) < 4.78 is 11.3. The first-order valence-electron chi connectivity index (χ1n) is 10.4. The lowest BCUT2D eigenvalue weighted by atomic mass is 10.1.